The van der Waals surface area contributed by atoms with E-state index in [9.17, 15) is 9.90 Å². The molecule has 27 heavy (non-hydrogen) atoms. The zero-order valence-corrected chi connectivity index (χ0v) is 16.2. The van der Waals surface area contributed by atoms with Crippen molar-refractivity contribution in [3.8, 4) is 16.3 Å². The van der Waals surface area contributed by atoms with Gasteiger partial charge in [0.1, 0.15) is 5.69 Å². The molecule has 1 amide bonds. The number of nitrogens with one attached hydrogen (secondary N) is 2. The third-order valence-corrected chi connectivity index (χ3v) is 5.44. The molecular formula is C19H21ClN4O2S. The first-order valence-electron chi connectivity index (χ1n) is 8.58. The smallest absolute Gasteiger partial charge is 0.255 e. The van der Waals surface area contributed by atoms with Crippen LogP contribution in [0.25, 0.3) is 16.3 Å². The summed E-state index contributed by atoms with van der Waals surface area (Å²) in [5, 5.41) is 22.6. The summed E-state index contributed by atoms with van der Waals surface area (Å²) in [6, 6.07) is 13.6. The van der Waals surface area contributed by atoms with E-state index < -0.39 is 6.10 Å². The fourth-order valence-corrected chi connectivity index (χ4v) is 3.82. The number of β-amino-alcohol motifs (C(OH)–C–C–N with tert-alkyl or cyclic N) is 1. The van der Waals surface area contributed by atoms with E-state index in [0.29, 0.717) is 30.9 Å². The lowest BCUT2D eigenvalue weighted by molar-refractivity contribution is 0.0927. The van der Waals surface area contributed by atoms with Crippen molar-refractivity contribution in [3.05, 3.63) is 59.6 Å². The molecule has 142 valence electrons. The highest BCUT2D eigenvalue weighted by Gasteiger charge is 2.26. The van der Waals surface area contributed by atoms with Crippen LogP contribution in [0.1, 0.15) is 10.4 Å². The first-order chi connectivity index (χ1) is 12.7. The molecule has 2 atom stereocenters. The summed E-state index contributed by atoms with van der Waals surface area (Å²) in [5.41, 5.74) is 2.11. The Labute approximate surface area is 167 Å². The van der Waals surface area contributed by atoms with E-state index in [1.54, 1.807) is 22.2 Å². The third-order valence-electron chi connectivity index (χ3n) is 4.56. The fourth-order valence-electron chi connectivity index (χ4n) is 3.09. The van der Waals surface area contributed by atoms with Gasteiger partial charge in [-0.15, -0.1) is 23.7 Å². The van der Waals surface area contributed by atoms with Crippen LogP contribution < -0.4 is 10.6 Å². The fraction of sp³-hybridized carbons (Fsp3) is 0.263. The highest BCUT2D eigenvalue weighted by molar-refractivity contribution is 7.13. The largest absolute Gasteiger partial charge is 0.391 e. The zero-order chi connectivity index (χ0) is 17.9. The van der Waals surface area contributed by atoms with Crippen molar-refractivity contribution < 1.29 is 9.90 Å². The van der Waals surface area contributed by atoms with Crippen molar-refractivity contribution in [3.63, 3.8) is 0 Å². The summed E-state index contributed by atoms with van der Waals surface area (Å²) in [4.78, 5) is 13.8. The Morgan fingerprint density at radius 2 is 2.07 bits per heavy atom. The van der Waals surface area contributed by atoms with E-state index in [1.165, 1.54) is 0 Å². The summed E-state index contributed by atoms with van der Waals surface area (Å²) >= 11 is 1.55. The Balaban J connectivity index is 0.00000210. The number of carbonyl (C=O) groups excluding carboxylic acids is 1. The molecule has 1 saturated heterocycles. The van der Waals surface area contributed by atoms with Gasteiger partial charge < -0.3 is 15.7 Å². The van der Waals surface area contributed by atoms with Gasteiger partial charge in [-0.3, -0.25) is 4.79 Å². The summed E-state index contributed by atoms with van der Waals surface area (Å²) < 4.78 is 1.73. The van der Waals surface area contributed by atoms with Gasteiger partial charge in [-0.25, -0.2) is 4.68 Å². The Morgan fingerprint density at radius 1 is 1.26 bits per heavy atom. The average molecular weight is 405 g/mol. The quantitative estimate of drug-likeness (QED) is 0.609. The number of aromatic nitrogens is 2. The second kappa shape index (κ2) is 8.67. The molecule has 3 heterocycles. The number of nitrogens with zero attached hydrogens (tertiary/aromatic N) is 2. The number of hydrogen-bond donors (Lipinski definition) is 3. The van der Waals surface area contributed by atoms with Crippen LogP contribution in [-0.4, -0.2) is 46.5 Å². The summed E-state index contributed by atoms with van der Waals surface area (Å²) in [6.07, 6.45) is 1.35. The van der Waals surface area contributed by atoms with Gasteiger partial charge >= 0.3 is 0 Å². The zero-order valence-electron chi connectivity index (χ0n) is 14.5. The lowest BCUT2D eigenvalue weighted by atomic mass is 10.1. The Hall–Kier alpha value is -2.19. The summed E-state index contributed by atoms with van der Waals surface area (Å²) in [5.74, 6) is -0.136. The van der Waals surface area contributed by atoms with Crippen LogP contribution in [0.4, 0.5) is 0 Å². The van der Waals surface area contributed by atoms with Crippen LogP contribution in [0.3, 0.4) is 0 Å². The Morgan fingerprint density at radius 3 is 2.74 bits per heavy atom. The lowest BCUT2D eigenvalue weighted by Gasteiger charge is -2.13. The molecule has 8 heteroatoms. The predicted molar refractivity (Wildman–Crippen MR) is 109 cm³/mol. The van der Waals surface area contributed by atoms with Gasteiger partial charge in [-0.05, 0) is 23.6 Å². The number of para-hydroxylation sites is 1. The Kier molecular flexibility index (Phi) is 6.28. The molecule has 0 bridgehead atoms. The molecule has 4 rings (SSSR count). The SMILES string of the molecule is Cl.O=C(NCC1CNCC1O)c1cn(-c2ccccc2)nc1-c1cccs1. The van der Waals surface area contributed by atoms with Crippen LogP contribution in [0.15, 0.2) is 54.0 Å². The predicted octanol–water partition coefficient (Wildman–Crippen LogP) is 2.33. The molecule has 1 aliphatic heterocycles. The lowest BCUT2D eigenvalue weighted by Crippen LogP contribution is -2.34. The first-order valence-corrected chi connectivity index (χ1v) is 9.46. The molecule has 3 N–H and O–H groups in total. The molecule has 6 nitrogen and oxygen atoms in total. The van der Waals surface area contributed by atoms with E-state index in [1.807, 2.05) is 47.8 Å². The normalized spacial score (nSPS) is 18.9. The van der Waals surface area contributed by atoms with Crippen LogP contribution in [0.2, 0.25) is 0 Å². The molecule has 2 aromatic heterocycles. The molecule has 1 aromatic carbocycles. The topological polar surface area (TPSA) is 79.2 Å². The van der Waals surface area contributed by atoms with E-state index in [-0.39, 0.29) is 24.2 Å². The number of amides is 1. The van der Waals surface area contributed by atoms with E-state index in [0.717, 1.165) is 10.6 Å². The number of halogens is 1. The molecule has 1 aliphatic rings. The summed E-state index contributed by atoms with van der Waals surface area (Å²) in [6.45, 7) is 1.73. The van der Waals surface area contributed by atoms with Gasteiger partial charge in [-0.1, -0.05) is 24.3 Å². The van der Waals surface area contributed by atoms with Crippen molar-refractivity contribution in [2.45, 2.75) is 6.10 Å². The van der Waals surface area contributed by atoms with Gasteiger partial charge in [-0.2, -0.15) is 5.10 Å². The van der Waals surface area contributed by atoms with Crippen LogP contribution in [0.5, 0.6) is 0 Å². The first kappa shape index (κ1) is 19.6. The van der Waals surface area contributed by atoms with E-state index in [2.05, 4.69) is 15.7 Å². The third kappa shape index (κ3) is 4.22. The second-order valence-electron chi connectivity index (χ2n) is 6.34. The summed E-state index contributed by atoms with van der Waals surface area (Å²) in [7, 11) is 0. The van der Waals surface area contributed by atoms with Crippen molar-refractivity contribution in [2.24, 2.45) is 5.92 Å². The van der Waals surface area contributed by atoms with E-state index in [4.69, 9.17) is 0 Å². The number of hydrogen-bond acceptors (Lipinski definition) is 5. The minimum atomic E-state index is -0.417. The molecule has 0 aliphatic carbocycles. The van der Waals surface area contributed by atoms with Crippen LogP contribution >= 0.6 is 23.7 Å². The van der Waals surface area contributed by atoms with Gasteiger partial charge in [0.2, 0.25) is 0 Å². The number of carbonyl (C=O) groups is 1. The van der Waals surface area contributed by atoms with Crippen molar-refractivity contribution >= 4 is 29.7 Å². The Bertz CT molecular complexity index is 883. The number of aliphatic hydroxyl groups excluding tert-OH is 1. The standard InChI is InChI=1S/C19H20N4O2S.ClH/c24-16-11-20-9-13(16)10-21-19(25)15-12-23(14-5-2-1-3-6-14)22-18(15)17-7-4-8-26-17;/h1-8,12-13,16,20,24H,9-11H2,(H,21,25);1H. The molecule has 0 spiro atoms. The van der Waals surface area contributed by atoms with E-state index >= 15 is 0 Å². The maximum Gasteiger partial charge on any atom is 0.255 e. The van der Waals surface area contributed by atoms with Crippen LogP contribution in [0, 0.1) is 5.92 Å². The average Bonchev–Trinajstić information content (AvgIpc) is 3.41. The van der Waals surface area contributed by atoms with Crippen molar-refractivity contribution in [1.29, 1.82) is 0 Å². The molecule has 0 radical (unpaired) electrons. The highest BCUT2D eigenvalue weighted by Crippen LogP contribution is 2.27. The maximum absolute atomic E-state index is 12.8. The molecule has 2 unspecified atom stereocenters. The maximum atomic E-state index is 12.8. The minimum absolute atomic E-state index is 0. The monoisotopic (exact) mass is 404 g/mol. The van der Waals surface area contributed by atoms with Gasteiger partial charge in [0, 0.05) is 31.7 Å². The van der Waals surface area contributed by atoms with Crippen molar-refractivity contribution in [1.82, 2.24) is 20.4 Å². The number of benzene rings is 1. The van der Waals surface area contributed by atoms with Gasteiger partial charge in [0.15, 0.2) is 0 Å². The molecular weight excluding hydrogens is 384 g/mol. The van der Waals surface area contributed by atoms with Crippen LogP contribution in [-0.2, 0) is 0 Å². The minimum Gasteiger partial charge on any atom is -0.391 e. The van der Waals surface area contributed by atoms with Crippen molar-refractivity contribution in [2.75, 3.05) is 19.6 Å². The number of thiophene rings is 1. The number of rotatable bonds is 5. The molecule has 1 fully saturated rings. The molecule has 0 saturated carbocycles. The highest BCUT2D eigenvalue weighted by atomic mass is 35.5. The van der Waals surface area contributed by atoms with Gasteiger partial charge in [0.05, 0.1) is 22.2 Å². The van der Waals surface area contributed by atoms with Gasteiger partial charge in [0.25, 0.3) is 5.91 Å². The second-order valence-corrected chi connectivity index (χ2v) is 7.29. The molecule has 3 aromatic rings. The number of aliphatic hydroxyl groups is 1.